The summed E-state index contributed by atoms with van der Waals surface area (Å²) in [6.07, 6.45) is 1.99. The van der Waals surface area contributed by atoms with E-state index >= 15 is 0 Å². The molecule has 1 amide bonds. The van der Waals surface area contributed by atoms with E-state index in [2.05, 4.69) is 6.58 Å². The molecule has 1 unspecified atom stereocenters. The number of rotatable bonds is 3. The molecule has 1 heterocycles. The minimum Gasteiger partial charge on any atom is -0.328 e. The van der Waals surface area contributed by atoms with Gasteiger partial charge in [0, 0.05) is 6.54 Å². The smallest absolute Gasteiger partial charge is 0.246 e. The number of carbonyl (C=O) groups is 3. The predicted molar refractivity (Wildman–Crippen MR) is 55.2 cm³/mol. The van der Waals surface area contributed by atoms with E-state index in [4.69, 9.17) is 0 Å². The molecule has 4 nitrogen and oxygen atoms in total. The number of amides is 1. The van der Waals surface area contributed by atoms with E-state index in [0.29, 0.717) is 13.0 Å². The lowest BCUT2D eigenvalue weighted by Gasteiger charge is -2.20. The average molecular weight is 209 g/mol. The molecule has 1 rings (SSSR count). The largest absolute Gasteiger partial charge is 0.328 e. The Labute approximate surface area is 88.9 Å². The van der Waals surface area contributed by atoms with Crippen molar-refractivity contribution in [2.24, 2.45) is 5.41 Å². The predicted octanol–water partition coefficient (Wildman–Crippen LogP) is 0.567. The van der Waals surface area contributed by atoms with Gasteiger partial charge < -0.3 is 4.90 Å². The fourth-order valence-electron chi connectivity index (χ4n) is 1.95. The minimum absolute atomic E-state index is 0.123. The molecule has 0 aromatic heterocycles. The zero-order valence-electron chi connectivity index (χ0n) is 9.03. The van der Waals surface area contributed by atoms with Crippen LogP contribution in [0.15, 0.2) is 12.7 Å². The molecule has 15 heavy (non-hydrogen) atoms. The van der Waals surface area contributed by atoms with Gasteiger partial charge in [-0.05, 0) is 17.9 Å². The Morgan fingerprint density at radius 3 is 2.53 bits per heavy atom. The molecule has 1 saturated heterocycles. The molecule has 0 saturated carbocycles. The zero-order chi connectivity index (χ0) is 11.6. The van der Waals surface area contributed by atoms with Gasteiger partial charge in [-0.3, -0.25) is 14.4 Å². The van der Waals surface area contributed by atoms with Crippen LogP contribution in [0.1, 0.15) is 20.3 Å². The Hall–Kier alpha value is -1.45. The minimum atomic E-state index is -0.608. The molecule has 0 aromatic rings. The van der Waals surface area contributed by atoms with Crippen molar-refractivity contribution in [1.82, 2.24) is 4.90 Å². The number of nitrogens with zero attached hydrogens (tertiary/aromatic N) is 1. The van der Waals surface area contributed by atoms with E-state index in [0.717, 1.165) is 0 Å². The summed E-state index contributed by atoms with van der Waals surface area (Å²) in [4.78, 5) is 34.7. The Balaban J connectivity index is 2.93. The highest BCUT2D eigenvalue weighted by Gasteiger charge is 2.42. The number of hydrogen-bond acceptors (Lipinski definition) is 3. The van der Waals surface area contributed by atoms with Crippen molar-refractivity contribution >= 4 is 18.0 Å². The highest BCUT2D eigenvalue weighted by Crippen LogP contribution is 2.34. The standard InChI is InChI=1S/C11H15NO3/c1-4-10(15)12-7-11(2,3)5-8(12)9(14)6-13/h4,6,8H,1,5,7H2,2-3H3. The van der Waals surface area contributed by atoms with E-state index < -0.39 is 11.8 Å². The van der Waals surface area contributed by atoms with Crippen LogP contribution < -0.4 is 0 Å². The molecule has 0 aromatic carbocycles. The summed E-state index contributed by atoms with van der Waals surface area (Å²) in [5, 5.41) is 0. The van der Waals surface area contributed by atoms with E-state index in [1.165, 1.54) is 11.0 Å². The van der Waals surface area contributed by atoms with Crippen molar-refractivity contribution in [2.45, 2.75) is 26.3 Å². The lowest BCUT2D eigenvalue weighted by Crippen LogP contribution is -2.40. The highest BCUT2D eigenvalue weighted by molar-refractivity contribution is 6.28. The monoisotopic (exact) mass is 209 g/mol. The van der Waals surface area contributed by atoms with E-state index in [1.54, 1.807) is 0 Å². The molecule has 1 aliphatic heterocycles. The van der Waals surface area contributed by atoms with Gasteiger partial charge in [-0.25, -0.2) is 0 Å². The second-order valence-electron chi connectivity index (χ2n) is 4.57. The maximum absolute atomic E-state index is 11.5. The first-order valence-electron chi connectivity index (χ1n) is 4.83. The van der Waals surface area contributed by atoms with Crippen molar-refractivity contribution in [3.8, 4) is 0 Å². The van der Waals surface area contributed by atoms with Crippen molar-refractivity contribution in [1.29, 1.82) is 0 Å². The van der Waals surface area contributed by atoms with Crippen LogP contribution in [0.2, 0.25) is 0 Å². The van der Waals surface area contributed by atoms with E-state index in [9.17, 15) is 14.4 Å². The number of likely N-dealkylation sites (tertiary alicyclic amines) is 1. The van der Waals surface area contributed by atoms with Gasteiger partial charge in [0.05, 0.1) is 6.04 Å². The third-order valence-corrected chi connectivity index (χ3v) is 2.62. The zero-order valence-corrected chi connectivity index (χ0v) is 9.03. The quantitative estimate of drug-likeness (QED) is 0.388. The van der Waals surface area contributed by atoms with Crippen LogP contribution in [0.25, 0.3) is 0 Å². The normalized spacial score (nSPS) is 23.6. The molecule has 82 valence electrons. The third-order valence-electron chi connectivity index (χ3n) is 2.62. The summed E-state index contributed by atoms with van der Waals surface area (Å²) >= 11 is 0. The molecule has 0 spiro atoms. The third kappa shape index (κ3) is 2.32. The summed E-state index contributed by atoms with van der Waals surface area (Å²) in [7, 11) is 0. The summed E-state index contributed by atoms with van der Waals surface area (Å²) in [5.74, 6) is -0.823. The molecule has 0 bridgehead atoms. The molecule has 1 fully saturated rings. The Morgan fingerprint density at radius 2 is 2.07 bits per heavy atom. The topological polar surface area (TPSA) is 54.5 Å². The fraction of sp³-hybridized carbons (Fsp3) is 0.545. The maximum Gasteiger partial charge on any atom is 0.246 e. The van der Waals surface area contributed by atoms with Crippen LogP contribution in [0, 0.1) is 5.41 Å². The number of Topliss-reactive ketones (excluding diaryl/α,β-unsaturated/α-hetero) is 1. The first-order valence-corrected chi connectivity index (χ1v) is 4.83. The van der Waals surface area contributed by atoms with E-state index in [-0.39, 0.29) is 17.6 Å². The lowest BCUT2D eigenvalue weighted by molar-refractivity contribution is -0.137. The molecule has 0 aliphatic carbocycles. The van der Waals surface area contributed by atoms with E-state index in [1.807, 2.05) is 13.8 Å². The molecule has 0 radical (unpaired) electrons. The van der Waals surface area contributed by atoms with Crippen LogP contribution >= 0.6 is 0 Å². The number of hydrogen-bond donors (Lipinski definition) is 0. The maximum atomic E-state index is 11.5. The van der Waals surface area contributed by atoms with Crippen molar-refractivity contribution in [2.75, 3.05) is 6.54 Å². The first-order chi connectivity index (χ1) is 6.91. The van der Waals surface area contributed by atoms with Gasteiger partial charge in [0.2, 0.25) is 11.7 Å². The van der Waals surface area contributed by atoms with Crippen molar-refractivity contribution in [3.05, 3.63) is 12.7 Å². The van der Waals surface area contributed by atoms with Gasteiger partial charge >= 0.3 is 0 Å². The second-order valence-corrected chi connectivity index (χ2v) is 4.57. The van der Waals surface area contributed by atoms with Crippen molar-refractivity contribution in [3.63, 3.8) is 0 Å². The van der Waals surface area contributed by atoms with Gasteiger partial charge in [-0.15, -0.1) is 0 Å². The summed E-state index contributed by atoms with van der Waals surface area (Å²) in [5.41, 5.74) is -0.123. The number of carbonyl (C=O) groups excluding carboxylic acids is 3. The fourth-order valence-corrected chi connectivity index (χ4v) is 1.95. The Bertz CT molecular complexity index is 290. The number of ketones is 1. The van der Waals surface area contributed by atoms with Gasteiger partial charge in [0.25, 0.3) is 0 Å². The number of aldehydes is 1. The molecule has 4 heteroatoms. The van der Waals surface area contributed by atoms with Crippen LogP contribution in [-0.4, -0.2) is 35.5 Å². The van der Waals surface area contributed by atoms with Gasteiger partial charge in [0.15, 0.2) is 6.29 Å². The molecular weight excluding hydrogens is 194 g/mol. The first kappa shape index (κ1) is 11.6. The molecule has 0 N–H and O–H groups in total. The van der Waals surface area contributed by atoms with Crippen LogP contribution in [-0.2, 0) is 14.4 Å². The summed E-state index contributed by atoms with van der Waals surface area (Å²) in [6.45, 7) is 7.80. The average Bonchev–Trinajstić information content (AvgIpc) is 2.52. The highest BCUT2D eigenvalue weighted by atomic mass is 16.2. The summed E-state index contributed by atoms with van der Waals surface area (Å²) in [6, 6.07) is -0.608. The summed E-state index contributed by atoms with van der Waals surface area (Å²) < 4.78 is 0. The van der Waals surface area contributed by atoms with Gasteiger partial charge in [0.1, 0.15) is 0 Å². The molecular formula is C11H15NO3. The molecule has 1 aliphatic rings. The molecule has 1 atom stereocenters. The van der Waals surface area contributed by atoms with Crippen LogP contribution in [0.3, 0.4) is 0 Å². The lowest BCUT2D eigenvalue weighted by atomic mass is 9.90. The van der Waals surface area contributed by atoms with Crippen molar-refractivity contribution < 1.29 is 14.4 Å². The SMILES string of the molecule is C=CC(=O)N1CC(C)(C)CC1C(=O)C=O. The Morgan fingerprint density at radius 1 is 1.47 bits per heavy atom. The van der Waals surface area contributed by atoms with Crippen LogP contribution in [0.4, 0.5) is 0 Å². The van der Waals surface area contributed by atoms with Crippen LogP contribution in [0.5, 0.6) is 0 Å². The Kier molecular flexibility index (Phi) is 3.07. The van der Waals surface area contributed by atoms with Gasteiger partial charge in [-0.2, -0.15) is 0 Å². The van der Waals surface area contributed by atoms with Gasteiger partial charge in [-0.1, -0.05) is 20.4 Å². The second kappa shape index (κ2) is 3.96.